The molecular formula is C11H14N4O4. The molecule has 0 amide bonds. The molecule has 1 fully saturated rings. The SMILES string of the molecule is Cc1ncnc2c1ncn2[C@@H]1OC[C@@H](O)[C@H](O)[C@H]1O. The van der Waals surface area contributed by atoms with Gasteiger partial charge in [0.1, 0.15) is 30.2 Å². The smallest absolute Gasteiger partial charge is 0.165 e. The van der Waals surface area contributed by atoms with E-state index in [9.17, 15) is 15.3 Å². The average Bonchev–Trinajstić information content (AvgIpc) is 2.82. The number of imidazole rings is 1. The molecule has 4 atom stereocenters. The van der Waals surface area contributed by atoms with Crippen LogP contribution in [0, 0.1) is 6.92 Å². The van der Waals surface area contributed by atoms with Crippen LogP contribution in [-0.2, 0) is 4.74 Å². The van der Waals surface area contributed by atoms with Gasteiger partial charge >= 0.3 is 0 Å². The number of fused-ring (bicyclic) bond motifs is 1. The van der Waals surface area contributed by atoms with Crippen LogP contribution in [0.3, 0.4) is 0 Å². The van der Waals surface area contributed by atoms with Crippen LogP contribution in [0.2, 0.25) is 0 Å². The fraction of sp³-hybridized carbons (Fsp3) is 0.545. The Hall–Kier alpha value is -1.61. The zero-order valence-corrected chi connectivity index (χ0v) is 10.2. The van der Waals surface area contributed by atoms with E-state index >= 15 is 0 Å². The molecule has 3 rings (SSSR count). The average molecular weight is 266 g/mol. The minimum atomic E-state index is -1.26. The van der Waals surface area contributed by atoms with Crippen molar-refractivity contribution in [3.63, 3.8) is 0 Å². The van der Waals surface area contributed by atoms with Crippen molar-refractivity contribution in [3.8, 4) is 0 Å². The molecule has 8 heteroatoms. The monoisotopic (exact) mass is 266 g/mol. The van der Waals surface area contributed by atoms with E-state index in [0.29, 0.717) is 11.2 Å². The third kappa shape index (κ3) is 1.89. The van der Waals surface area contributed by atoms with E-state index in [1.807, 2.05) is 0 Å². The van der Waals surface area contributed by atoms with Crippen LogP contribution < -0.4 is 0 Å². The van der Waals surface area contributed by atoms with Crippen LogP contribution in [0.15, 0.2) is 12.7 Å². The van der Waals surface area contributed by atoms with Gasteiger partial charge in [-0.25, -0.2) is 15.0 Å². The van der Waals surface area contributed by atoms with Crippen molar-refractivity contribution in [2.75, 3.05) is 6.61 Å². The quantitative estimate of drug-likeness (QED) is 0.590. The molecule has 1 saturated heterocycles. The Kier molecular flexibility index (Phi) is 2.94. The molecule has 0 aliphatic carbocycles. The van der Waals surface area contributed by atoms with E-state index < -0.39 is 24.5 Å². The molecule has 2 aromatic heterocycles. The van der Waals surface area contributed by atoms with Crippen molar-refractivity contribution in [1.29, 1.82) is 0 Å². The van der Waals surface area contributed by atoms with Crippen LogP contribution in [0.4, 0.5) is 0 Å². The van der Waals surface area contributed by atoms with Crippen molar-refractivity contribution < 1.29 is 20.1 Å². The predicted octanol–water partition coefficient (Wildman–Crippen LogP) is -1.25. The molecule has 102 valence electrons. The van der Waals surface area contributed by atoms with Crippen LogP contribution in [0.5, 0.6) is 0 Å². The number of nitrogens with zero attached hydrogens (tertiary/aromatic N) is 4. The molecule has 0 bridgehead atoms. The largest absolute Gasteiger partial charge is 0.388 e. The predicted molar refractivity (Wildman–Crippen MR) is 63.1 cm³/mol. The molecule has 0 spiro atoms. The van der Waals surface area contributed by atoms with Crippen LogP contribution in [-0.4, -0.2) is 59.8 Å². The Bertz CT molecular complexity index is 601. The summed E-state index contributed by atoms with van der Waals surface area (Å²) in [6, 6.07) is 0. The second-order valence-corrected chi connectivity index (χ2v) is 4.56. The van der Waals surface area contributed by atoms with Gasteiger partial charge in [-0.1, -0.05) is 0 Å². The molecule has 1 aliphatic heterocycles. The third-order valence-electron chi connectivity index (χ3n) is 3.29. The summed E-state index contributed by atoms with van der Waals surface area (Å²) >= 11 is 0. The lowest BCUT2D eigenvalue weighted by molar-refractivity contribution is -0.210. The summed E-state index contributed by atoms with van der Waals surface area (Å²) in [7, 11) is 0. The van der Waals surface area contributed by atoms with Crippen molar-refractivity contribution in [1.82, 2.24) is 19.5 Å². The summed E-state index contributed by atoms with van der Waals surface area (Å²) < 4.78 is 6.90. The molecule has 3 heterocycles. The zero-order chi connectivity index (χ0) is 13.6. The van der Waals surface area contributed by atoms with E-state index in [1.165, 1.54) is 17.2 Å². The molecule has 19 heavy (non-hydrogen) atoms. The van der Waals surface area contributed by atoms with Gasteiger partial charge in [-0.05, 0) is 6.92 Å². The zero-order valence-electron chi connectivity index (χ0n) is 10.2. The minimum absolute atomic E-state index is 0.0629. The second-order valence-electron chi connectivity index (χ2n) is 4.56. The highest BCUT2D eigenvalue weighted by Crippen LogP contribution is 2.27. The number of aliphatic hydroxyl groups is 3. The summed E-state index contributed by atoms with van der Waals surface area (Å²) in [5.41, 5.74) is 1.84. The van der Waals surface area contributed by atoms with E-state index in [0.717, 1.165) is 5.69 Å². The maximum Gasteiger partial charge on any atom is 0.165 e. The fourth-order valence-corrected chi connectivity index (χ4v) is 2.19. The van der Waals surface area contributed by atoms with Gasteiger partial charge in [-0.15, -0.1) is 0 Å². The van der Waals surface area contributed by atoms with E-state index in [-0.39, 0.29) is 6.61 Å². The Balaban J connectivity index is 2.03. The summed E-state index contributed by atoms with van der Waals surface area (Å²) in [4.78, 5) is 12.3. The highest BCUT2D eigenvalue weighted by atomic mass is 16.5. The van der Waals surface area contributed by atoms with Gasteiger partial charge in [0.2, 0.25) is 0 Å². The van der Waals surface area contributed by atoms with Gasteiger partial charge in [-0.2, -0.15) is 0 Å². The summed E-state index contributed by atoms with van der Waals surface area (Å²) in [5.74, 6) is 0. The lowest BCUT2D eigenvalue weighted by atomic mass is 10.0. The molecule has 0 unspecified atom stereocenters. The van der Waals surface area contributed by atoms with E-state index in [1.54, 1.807) is 6.92 Å². The lowest BCUT2D eigenvalue weighted by Gasteiger charge is -2.35. The van der Waals surface area contributed by atoms with E-state index in [2.05, 4.69) is 15.0 Å². The second kappa shape index (κ2) is 4.49. The fourth-order valence-electron chi connectivity index (χ4n) is 2.19. The van der Waals surface area contributed by atoms with Crippen molar-refractivity contribution in [2.45, 2.75) is 31.5 Å². The first-order valence-corrected chi connectivity index (χ1v) is 5.89. The van der Waals surface area contributed by atoms with Gasteiger partial charge in [0.25, 0.3) is 0 Å². The minimum Gasteiger partial charge on any atom is -0.388 e. The molecule has 1 aliphatic rings. The van der Waals surface area contributed by atoms with Gasteiger partial charge < -0.3 is 20.1 Å². The summed E-state index contributed by atoms with van der Waals surface area (Å²) in [5, 5.41) is 29.1. The number of ether oxygens (including phenoxy) is 1. The third-order valence-corrected chi connectivity index (χ3v) is 3.29. The molecule has 0 radical (unpaired) electrons. The van der Waals surface area contributed by atoms with Crippen LogP contribution >= 0.6 is 0 Å². The molecule has 2 aromatic rings. The Morgan fingerprint density at radius 1 is 1.21 bits per heavy atom. The van der Waals surface area contributed by atoms with E-state index in [4.69, 9.17) is 4.74 Å². The maximum absolute atomic E-state index is 9.98. The number of aromatic nitrogens is 4. The Morgan fingerprint density at radius 3 is 2.79 bits per heavy atom. The molecule has 0 saturated carbocycles. The standard InChI is InChI=1S/C11H14N4O4/c1-5-7-10(13-3-12-5)15(4-14-7)11-9(18)8(17)6(16)2-19-11/h3-4,6,8-9,11,16-18H,2H2,1H3/t6-,8+,9-,11-/m1/s1. The molecule has 0 aromatic carbocycles. The van der Waals surface area contributed by atoms with Crippen molar-refractivity contribution >= 4 is 11.2 Å². The summed E-state index contributed by atoms with van der Waals surface area (Å²) in [6.45, 7) is 1.74. The highest BCUT2D eigenvalue weighted by molar-refractivity contribution is 5.72. The Labute approximate surface area is 108 Å². The number of aryl methyl sites for hydroxylation is 1. The Morgan fingerprint density at radius 2 is 2.00 bits per heavy atom. The van der Waals surface area contributed by atoms with Crippen molar-refractivity contribution in [3.05, 3.63) is 18.3 Å². The first kappa shape index (κ1) is 12.4. The normalized spacial score (nSPS) is 31.8. The number of hydrogen-bond donors (Lipinski definition) is 3. The lowest BCUT2D eigenvalue weighted by Crippen LogP contribution is -2.50. The van der Waals surface area contributed by atoms with Gasteiger partial charge in [0.05, 0.1) is 18.6 Å². The first-order chi connectivity index (χ1) is 9.09. The number of hydrogen-bond acceptors (Lipinski definition) is 7. The highest BCUT2D eigenvalue weighted by Gasteiger charge is 2.39. The van der Waals surface area contributed by atoms with Gasteiger partial charge in [0, 0.05) is 0 Å². The molecular weight excluding hydrogens is 252 g/mol. The number of aliphatic hydroxyl groups excluding tert-OH is 3. The van der Waals surface area contributed by atoms with Crippen LogP contribution in [0.1, 0.15) is 11.9 Å². The van der Waals surface area contributed by atoms with Gasteiger partial charge in [-0.3, -0.25) is 4.57 Å². The van der Waals surface area contributed by atoms with Crippen molar-refractivity contribution in [2.24, 2.45) is 0 Å². The van der Waals surface area contributed by atoms with Gasteiger partial charge in [0.15, 0.2) is 11.9 Å². The van der Waals surface area contributed by atoms with Crippen LogP contribution in [0.25, 0.3) is 11.2 Å². The topological polar surface area (TPSA) is 114 Å². The number of rotatable bonds is 1. The molecule has 8 nitrogen and oxygen atoms in total. The summed E-state index contributed by atoms with van der Waals surface area (Å²) in [6.07, 6.45) is -1.58. The first-order valence-electron chi connectivity index (χ1n) is 5.89. The maximum atomic E-state index is 9.98. The molecule has 3 N–H and O–H groups in total.